The number of hydrogen-bond donors (Lipinski definition) is 0. The van der Waals surface area contributed by atoms with Crippen LogP contribution in [0.3, 0.4) is 0 Å². The SMILES string of the molecule is Cc1cc2c3c(c1)N(c1ccc(C(C)(C)C)cc1)c1c(ccc4c1C1(C)CCCCC1(C)N4c1ccccc1)B3c1sc3c(c1N2c1ccc(C(C)(C)C)cc1)C1(C)CCC3(C)CC1. The average molecular weight is 860 g/mol. The summed E-state index contributed by atoms with van der Waals surface area (Å²) in [6.45, 7) is 26.9. The summed E-state index contributed by atoms with van der Waals surface area (Å²) in [4.78, 5) is 9.96. The molecular formula is C59H66BN3S. The van der Waals surface area contributed by atoms with Crippen LogP contribution in [-0.4, -0.2) is 12.3 Å². The largest absolute Gasteiger partial charge is 0.334 e. The highest BCUT2D eigenvalue weighted by Crippen LogP contribution is 2.66. The van der Waals surface area contributed by atoms with Gasteiger partial charge in [-0.2, -0.15) is 11.3 Å². The van der Waals surface area contributed by atoms with Crippen LogP contribution in [-0.2, 0) is 27.1 Å². The maximum Gasteiger partial charge on any atom is 0.264 e. The molecule has 3 nitrogen and oxygen atoms in total. The first kappa shape index (κ1) is 40.8. The van der Waals surface area contributed by atoms with E-state index in [1.54, 1.807) is 20.8 Å². The fourth-order valence-electron chi connectivity index (χ4n) is 13.8. The van der Waals surface area contributed by atoms with Gasteiger partial charge in [0.1, 0.15) is 0 Å². The molecule has 2 bridgehead atoms. The minimum absolute atomic E-state index is 0.0607. The number of nitrogens with zero attached hydrogens (tertiary/aromatic N) is 3. The Labute approximate surface area is 388 Å². The lowest BCUT2D eigenvalue weighted by molar-refractivity contribution is 0.193. The Morgan fingerprint density at radius 2 is 1.09 bits per heavy atom. The molecule has 13 rings (SSSR count). The Morgan fingerprint density at radius 3 is 1.67 bits per heavy atom. The fraction of sp³-hybridized carbons (Fsp3) is 0.424. The minimum Gasteiger partial charge on any atom is -0.334 e. The number of para-hydroxylation sites is 1. The summed E-state index contributed by atoms with van der Waals surface area (Å²) in [5.74, 6) is 0. The van der Waals surface area contributed by atoms with Gasteiger partial charge in [-0.25, -0.2) is 0 Å². The van der Waals surface area contributed by atoms with E-state index in [9.17, 15) is 0 Å². The van der Waals surface area contributed by atoms with E-state index in [-0.39, 0.29) is 39.3 Å². The molecule has 0 spiro atoms. The van der Waals surface area contributed by atoms with Crippen LogP contribution in [0.4, 0.5) is 45.5 Å². The van der Waals surface area contributed by atoms with Gasteiger partial charge in [0.2, 0.25) is 0 Å². The molecule has 4 aliphatic carbocycles. The molecule has 1 aromatic heterocycles. The second-order valence-electron chi connectivity index (χ2n) is 23.9. The van der Waals surface area contributed by atoms with Crippen molar-refractivity contribution in [3.63, 3.8) is 0 Å². The highest BCUT2D eigenvalue weighted by molar-refractivity contribution is 7.29. The third-order valence-electron chi connectivity index (χ3n) is 17.8. The van der Waals surface area contributed by atoms with Crippen LogP contribution in [0, 0.1) is 6.92 Å². The predicted octanol–water partition coefficient (Wildman–Crippen LogP) is 14.6. The van der Waals surface area contributed by atoms with Gasteiger partial charge >= 0.3 is 0 Å². The lowest BCUT2D eigenvalue weighted by Gasteiger charge is -2.52. The highest BCUT2D eigenvalue weighted by Gasteiger charge is 2.61. The normalized spacial score (nSPS) is 26.3. The Balaban J connectivity index is 1.20. The summed E-state index contributed by atoms with van der Waals surface area (Å²) in [7, 11) is 0. The minimum atomic E-state index is -0.0675. The number of benzene rings is 5. The molecule has 5 heteroatoms. The van der Waals surface area contributed by atoms with E-state index < -0.39 is 0 Å². The Morgan fingerprint density at radius 1 is 0.547 bits per heavy atom. The molecule has 0 amide bonds. The van der Waals surface area contributed by atoms with Crippen molar-refractivity contribution in [3.05, 3.63) is 136 Å². The maximum atomic E-state index is 2.78. The van der Waals surface area contributed by atoms with Crippen LogP contribution in [0.1, 0.15) is 153 Å². The third kappa shape index (κ3) is 5.34. The van der Waals surface area contributed by atoms with Gasteiger partial charge in [0, 0.05) is 65.9 Å². The number of thiophene rings is 1. The second kappa shape index (κ2) is 13.2. The first-order valence-corrected chi connectivity index (χ1v) is 25.3. The number of aryl methyl sites for hydroxylation is 1. The van der Waals surface area contributed by atoms with Crippen molar-refractivity contribution in [2.75, 3.05) is 14.7 Å². The fourth-order valence-corrected chi connectivity index (χ4v) is 15.6. The van der Waals surface area contributed by atoms with Gasteiger partial charge in [-0.15, -0.1) is 0 Å². The molecule has 7 aliphatic rings. The Bertz CT molecular complexity index is 2890. The molecule has 6 aromatic rings. The molecule has 5 aromatic carbocycles. The topological polar surface area (TPSA) is 9.72 Å². The van der Waals surface area contributed by atoms with Crippen molar-refractivity contribution >= 4 is 79.3 Å². The van der Waals surface area contributed by atoms with E-state index in [2.05, 4.69) is 205 Å². The number of rotatable bonds is 3. The predicted molar refractivity (Wildman–Crippen MR) is 276 cm³/mol. The first-order valence-electron chi connectivity index (χ1n) is 24.5. The van der Waals surface area contributed by atoms with Gasteiger partial charge in [-0.1, -0.05) is 124 Å². The van der Waals surface area contributed by atoms with Crippen molar-refractivity contribution in [2.24, 2.45) is 0 Å². The lowest BCUT2D eigenvalue weighted by atomic mass is 9.35. The smallest absolute Gasteiger partial charge is 0.264 e. The Hall–Kier alpha value is -4.74. The number of hydrogen-bond acceptors (Lipinski definition) is 4. The van der Waals surface area contributed by atoms with Gasteiger partial charge < -0.3 is 14.7 Å². The zero-order valence-corrected chi connectivity index (χ0v) is 41.1. The maximum absolute atomic E-state index is 2.78. The summed E-state index contributed by atoms with van der Waals surface area (Å²) < 4.78 is 1.56. The molecule has 2 atom stereocenters. The molecular weight excluding hydrogens is 794 g/mol. The quantitative estimate of drug-likeness (QED) is 0.164. The summed E-state index contributed by atoms with van der Waals surface area (Å²) >= 11 is 2.19. The molecule has 2 fully saturated rings. The van der Waals surface area contributed by atoms with Crippen LogP contribution in [0.15, 0.2) is 103 Å². The van der Waals surface area contributed by atoms with Crippen LogP contribution >= 0.6 is 11.3 Å². The van der Waals surface area contributed by atoms with Crippen LogP contribution in [0.5, 0.6) is 0 Å². The van der Waals surface area contributed by atoms with E-state index >= 15 is 0 Å². The first-order chi connectivity index (χ1) is 30.4. The molecule has 326 valence electrons. The molecule has 3 aliphatic heterocycles. The standard InChI is InChI=1S/C59H66BN3S/c1-37-35-45-49-46(36-37)62(41-25-21-39(22-26-41)55(5,6)7)51-48-52(57(9)33-31-56(48,8)32-34-57)64-53(51)60(49)43-27-28-44-47(50(43)61(45)40-23-19-38(20-24-40)54(2,3)4)58(10)29-15-16-30-59(58,11)63(44)42-17-13-12-14-18-42/h12-14,17-28,35-36H,15-16,29-34H2,1-11H3. The number of anilines is 8. The lowest BCUT2D eigenvalue weighted by Crippen LogP contribution is -2.61. The summed E-state index contributed by atoms with van der Waals surface area (Å²) in [6.07, 6.45) is 9.96. The Kier molecular flexibility index (Phi) is 8.41. The molecule has 2 unspecified atom stereocenters. The summed E-state index contributed by atoms with van der Waals surface area (Å²) in [5.41, 5.74) is 21.4. The van der Waals surface area contributed by atoms with Gasteiger partial charge in [0.25, 0.3) is 6.71 Å². The second-order valence-corrected chi connectivity index (χ2v) is 25.0. The third-order valence-corrected chi connectivity index (χ3v) is 19.4. The zero-order chi connectivity index (χ0) is 44.5. The monoisotopic (exact) mass is 860 g/mol. The van der Waals surface area contributed by atoms with Gasteiger partial charge in [-0.3, -0.25) is 0 Å². The van der Waals surface area contributed by atoms with Crippen molar-refractivity contribution in [1.82, 2.24) is 0 Å². The molecule has 64 heavy (non-hydrogen) atoms. The molecule has 4 heterocycles. The summed E-state index contributed by atoms with van der Waals surface area (Å²) in [6, 6.07) is 40.9. The van der Waals surface area contributed by atoms with Crippen LogP contribution in [0.2, 0.25) is 0 Å². The van der Waals surface area contributed by atoms with Crippen molar-refractivity contribution in [1.29, 1.82) is 0 Å². The van der Waals surface area contributed by atoms with Gasteiger partial charge in [0.15, 0.2) is 0 Å². The molecule has 2 saturated carbocycles. The van der Waals surface area contributed by atoms with Crippen LogP contribution in [0.25, 0.3) is 0 Å². The van der Waals surface area contributed by atoms with Crippen LogP contribution < -0.4 is 30.4 Å². The molecule has 0 radical (unpaired) electrons. The molecule has 0 N–H and O–H groups in total. The van der Waals surface area contributed by atoms with E-state index in [0.717, 1.165) is 0 Å². The van der Waals surface area contributed by atoms with E-state index in [1.165, 1.54) is 124 Å². The summed E-state index contributed by atoms with van der Waals surface area (Å²) in [5, 5.41) is 0. The van der Waals surface area contributed by atoms with Crippen molar-refractivity contribution in [2.45, 2.75) is 160 Å². The highest BCUT2D eigenvalue weighted by atomic mass is 32.1. The number of fused-ring (bicyclic) bond motifs is 10. The van der Waals surface area contributed by atoms with Crippen molar-refractivity contribution in [3.8, 4) is 0 Å². The average Bonchev–Trinajstić information content (AvgIpc) is 3.78. The van der Waals surface area contributed by atoms with E-state index in [4.69, 9.17) is 0 Å². The van der Waals surface area contributed by atoms with E-state index in [0.29, 0.717) is 0 Å². The van der Waals surface area contributed by atoms with Crippen molar-refractivity contribution < 1.29 is 0 Å². The molecule has 0 saturated heterocycles. The van der Waals surface area contributed by atoms with Gasteiger partial charge in [0.05, 0.1) is 11.2 Å². The van der Waals surface area contributed by atoms with Gasteiger partial charge in [-0.05, 0) is 156 Å². The zero-order valence-electron chi connectivity index (χ0n) is 40.3. The van der Waals surface area contributed by atoms with E-state index in [1.807, 2.05) is 0 Å².